The third-order valence-corrected chi connectivity index (χ3v) is 2.80. The predicted molar refractivity (Wildman–Crippen MR) is 77.4 cm³/mol. The van der Waals surface area contributed by atoms with Crippen LogP contribution in [0.4, 0.5) is 4.39 Å². The first kappa shape index (κ1) is 13.6. The number of hydrogen-bond acceptors (Lipinski definition) is 6. The summed E-state index contributed by atoms with van der Waals surface area (Å²) in [4.78, 5) is 8.34. The number of benzene rings is 1. The number of halogens is 1. The molecule has 2 aromatic heterocycles. The largest absolute Gasteiger partial charge is 0.483 e. The van der Waals surface area contributed by atoms with E-state index in [1.807, 2.05) is 6.07 Å². The normalized spacial score (nSPS) is 10.6. The SMILES string of the molecule is Fc1cc(OCS)cc(-c2nc(-c3ccccn3)no2)c1. The highest BCUT2D eigenvalue weighted by Gasteiger charge is 2.13. The molecule has 5 nitrogen and oxygen atoms in total. The molecule has 1 aromatic carbocycles. The quantitative estimate of drug-likeness (QED) is 0.592. The maximum absolute atomic E-state index is 13.6. The fraction of sp³-hybridized carbons (Fsp3) is 0.0714. The number of thiol groups is 1. The lowest BCUT2D eigenvalue weighted by Gasteiger charge is -2.03. The molecule has 7 heteroatoms. The Morgan fingerprint density at radius 3 is 2.90 bits per heavy atom. The summed E-state index contributed by atoms with van der Waals surface area (Å²) in [6.45, 7) is 0. The van der Waals surface area contributed by atoms with Gasteiger partial charge in [-0.15, -0.1) is 12.6 Å². The van der Waals surface area contributed by atoms with E-state index in [9.17, 15) is 4.39 Å². The smallest absolute Gasteiger partial charge is 0.258 e. The molecule has 0 amide bonds. The lowest BCUT2D eigenvalue weighted by molar-refractivity contribution is 0.391. The van der Waals surface area contributed by atoms with Crippen molar-refractivity contribution in [3.63, 3.8) is 0 Å². The van der Waals surface area contributed by atoms with E-state index < -0.39 is 5.82 Å². The van der Waals surface area contributed by atoms with Crippen molar-refractivity contribution in [2.45, 2.75) is 0 Å². The van der Waals surface area contributed by atoms with Crippen molar-refractivity contribution in [1.29, 1.82) is 0 Å². The lowest BCUT2D eigenvalue weighted by atomic mass is 10.2. The van der Waals surface area contributed by atoms with Crippen molar-refractivity contribution >= 4 is 12.6 Å². The molecule has 0 aliphatic rings. The van der Waals surface area contributed by atoms with E-state index >= 15 is 0 Å². The van der Waals surface area contributed by atoms with Gasteiger partial charge in [0.2, 0.25) is 5.82 Å². The van der Waals surface area contributed by atoms with Gasteiger partial charge in [-0.05, 0) is 24.3 Å². The van der Waals surface area contributed by atoms with Crippen LogP contribution in [0.25, 0.3) is 23.0 Å². The Morgan fingerprint density at radius 2 is 2.14 bits per heavy atom. The van der Waals surface area contributed by atoms with Gasteiger partial charge in [-0.25, -0.2) is 4.39 Å². The maximum Gasteiger partial charge on any atom is 0.258 e. The van der Waals surface area contributed by atoms with Crippen molar-refractivity contribution in [2.75, 3.05) is 5.94 Å². The highest BCUT2D eigenvalue weighted by Crippen LogP contribution is 2.26. The van der Waals surface area contributed by atoms with E-state index in [4.69, 9.17) is 9.26 Å². The molecule has 0 radical (unpaired) electrons. The second-order valence-corrected chi connectivity index (χ2v) is 4.35. The second-order valence-electron chi connectivity index (χ2n) is 4.09. The highest BCUT2D eigenvalue weighted by molar-refractivity contribution is 7.80. The molecule has 2 heterocycles. The zero-order chi connectivity index (χ0) is 14.7. The lowest BCUT2D eigenvalue weighted by Crippen LogP contribution is -1.91. The van der Waals surface area contributed by atoms with Crippen LogP contribution in [0.3, 0.4) is 0 Å². The minimum atomic E-state index is -0.457. The van der Waals surface area contributed by atoms with E-state index in [-0.39, 0.29) is 11.8 Å². The number of aromatic nitrogens is 3. The molecule has 0 saturated heterocycles. The Labute approximate surface area is 125 Å². The van der Waals surface area contributed by atoms with Crippen LogP contribution in [0.2, 0.25) is 0 Å². The monoisotopic (exact) mass is 303 g/mol. The van der Waals surface area contributed by atoms with Crippen LogP contribution in [-0.2, 0) is 0 Å². The van der Waals surface area contributed by atoms with Gasteiger partial charge in [0.1, 0.15) is 23.2 Å². The first-order valence-corrected chi connectivity index (χ1v) is 6.69. The van der Waals surface area contributed by atoms with Crippen LogP contribution in [0.15, 0.2) is 47.1 Å². The van der Waals surface area contributed by atoms with Crippen molar-refractivity contribution in [3.05, 3.63) is 48.4 Å². The number of nitrogens with zero attached hydrogens (tertiary/aromatic N) is 3. The molecule has 106 valence electrons. The Kier molecular flexibility index (Phi) is 3.83. The molecule has 3 rings (SSSR count). The molecular weight excluding hydrogens is 293 g/mol. The average molecular weight is 303 g/mol. The zero-order valence-corrected chi connectivity index (χ0v) is 11.6. The summed E-state index contributed by atoms with van der Waals surface area (Å²) in [6, 6.07) is 9.53. The van der Waals surface area contributed by atoms with Gasteiger partial charge in [0, 0.05) is 17.8 Å². The maximum atomic E-state index is 13.6. The molecule has 0 N–H and O–H groups in total. The van der Waals surface area contributed by atoms with Crippen LogP contribution >= 0.6 is 12.6 Å². The summed E-state index contributed by atoms with van der Waals surface area (Å²) in [5, 5.41) is 3.84. The van der Waals surface area contributed by atoms with E-state index in [1.54, 1.807) is 24.4 Å². The Balaban J connectivity index is 1.96. The topological polar surface area (TPSA) is 61.0 Å². The molecule has 21 heavy (non-hydrogen) atoms. The van der Waals surface area contributed by atoms with Crippen molar-refractivity contribution in [3.8, 4) is 28.7 Å². The first-order valence-electron chi connectivity index (χ1n) is 6.06. The van der Waals surface area contributed by atoms with E-state index in [1.165, 1.54) is 12.1 Å². The van der Waals surface area contributed by atoms with Gasteiger partial charge < -0.3 is 9.26 Å². The van der Waals surface area contributed by atoms with Crippen LogP contribution in [0.1, 0.15) is 0 Å². The molecule has 0 saturated carbocycles. The molecule has 3 aromatic rings. The fourth-order valence-electron chi connectivity index (χ4n) is 1.78. The molecule has 0 aliphatic carbocycles. The predicted octanol–water partition coefficient (Wildman–Crippen LogP) is 3.20. The summed E-state index contributed by atoms with van der Waals surface area (Å²) < 4.78 is 23.9. The van der Waals surface area contributed by atoms with E-state index in [0.29, 0.717) is 22.8 Å². The van der Waals surface area contributed by atoms with Crippen molar-refractivity contribution in [2.24, 2.45) is 0 Å². The summed E-state index contributed by atoms with van der Waals surface area (Å²) in [5.41, 5.74) is 1.01. The number of rotatable bonds is 4. The fourth-order valence-corrected chi connectivity index (χ4v) is 1.93. The van der Waals surface area contributed by atoms with Gasteiger partial charge in [-0.1, -0.05) is 11.2 Å². The van der Waals surface area contributed by atoms with Crippen molar-refractivity contribution in [1.82, 2.24) is 15.1 Å². The number of ether oxygens (including phenoxy) is 1. The molecular formula is C14H10FN3O2S. The molecule has 0 bridgehead atoms. The van der Waals surface area contributed by atoms with Gasteiger partial charge in [0.15, 0.2) is 0 Å². The Hall–Kier alpha value is -2.41. The Bertz CT molecular complexity index is 749. The van der Waals surface area contributed by atoms with Crippen LogP contribution in [-0.4, -0.2) is 21.1 Å². The molecule has 0 fully saturated rings. The minimum Gasteiger partial charge on any atom is -0.483 e. The third-order valence-electron chi connectivity index (χ3n) is 2.67. The minimum absolute atomic E-state index is 0.145. The van der Waals surface area contributed by atoms with Crippen LogP contribution in [0.5, 0.6) is 5.75 Å². The van der Waals surface area contributed by atoms with E-state index in [2.05, 4.69) is 27.8 Å². The first-order chi connectivity index (χ1) is 10.3. The van der Waals surface area contributed by atoms with Crippen LogP contribution < -0.4 is 4.74 Å². The van der Waals surface area contributed by atoms with Gasteiger partial charge in [-0.2, -0.15) is 4.98 Å². The van der Waals surface area contributed by atoms with Crippen molar-refractivity contribution < 1.29 is 13.7 Å². The van der Waals surface area contributed by atoms with Gasteiger partial charge >= 0.3 is 0 Å². The standard InChI is InChI=1S/C14H10FN3O2S/c15-10-5-9(6-11(7-10)19-8-21)14-17-13(18-20-14)12-3-1-2-4-16-12/h1-7,21H,8H2. The summed E-state index contributed by atoms with van der Waals surface area (Å²) in [7, 11) is 0. The summed E-state index contributed by atoms with van der Waals surface area (Å²) in [5.74, 6) is 0.566. The Morgan fingerprint density at radius 1 is 1.24 bits per heavy atom. The van der Waals surface area contributed by atoms with E-state index in [0.717, 1.165) is 0 Å². The number of hydrogen-bond donors (Lipinski definition) is 1. The molecule has 0 unspecified atom stereocenters. The third kappa shape index (κ3) is 3.03. The molecule has 0 aliphatic heterocycles. The summed E-state index contributed by atoms with van der Waals surface area (Å²) >= 11 is 3.94. The highest BCUT2D eigenvalue weighted by atomic mass is 32.1. The van der Waals surface area contributed by atoms with Gasteiger partial charge in [0.05, 0.1) is 0 Å². The zero-order valence-electron chi connectivity index (χ0n) is 10.7. The molecule has 0 atom stereocenters. The summed E-state index contributed by atoms with van der Waals surface area (Å²) in [6.07, 6.45) is 1.63. The average Bonchev–Trinajstić information content (AvgIpc) is 2.98. The second kappa shape index (κ2) is 5.92. The molecule has 0 spiro atoms. The van der Waals surface area contributed by atoms with Crippen LogP contribution in [0, 0.1) is 5.82 Å². The van der Waals surface area contributed by atoms with Gasteiger partial charge in [-0.3, -0.25) is 4.98 Å². The number of pyridine rings is 1. The van der Waals surface area contributed by atoms with Gasteiger partial charge in [0.25, 0.3) is 5.89 Å².